The Morgan fingerprint density at radius 3 is 2.59 bits per heavy atom. The van der Waals surface area contributed by atoms with Crippen LogP contribution in [0.1, 0.15) is 42.4 Å². The highest BCUT2D eigenvalue weighted by atomic mass is 35.5. The van der Waals surface area contributed by atoms with Crippen molar-refractivity contribution in [3.05, 3.63) is 28.8 Å². The summed E-state index contributed by atoms with van der Waals surface area (Å²) in [6.45, 7) is 9.49. The van der Waals surface area contributed by atoms with Gasteiger partial charge in [0.25, 0.3) is 0 Å². The van der Waals surface area contributed by atoms with Crippen molar-refractivity contribution in [1.82, 2.24) is 10.6 Å². The molecule has 0 radical (unpaired) electrons. The standard InChI is InChI=1S/C21H31N3O2.ClH/c1-14-9-15(2)20(16(3)10-14)24-13-18(11-19(24)25)21(26)23-8-6-17-5-4-7-22-12-17;/h9-10,17-18,22H,4-8,11-13H2,1-3H3,(H,23,26);1H. The van der Waals surface area contributed by atoms with Gasteiger partial charge in [-0.1, -0.05) is 17.7 Å². The molecule has 0 aromatic heterocycles. The molecule has 1 aromatic carbocycles. The third-order valence-corrected chi connectivity index (χ3v) is 5.65. The van der Waals surface area contributed by atoms with Crippen LogP contribution in [0.15, 0.2) is 12.1 Å². The number of halogens is 1. The summed E-state index contributed by atoms with van der Waals surface area (Å²) < 4.78 is 0. The average molecular weight is 394 g/mol. The fourth-order valence-electron chi connectivity index (χ4n) is 4.41. The first-order chi connectivity index (χ1) is 12.5. The van der Waals surface area contributed by atoms with Crippen LogP contribution in [0.25, 0.3) is 0 Å². The lowest BCUT2D eigenvalue weighted by Gasteiger charge is -2.23. The molecule has 0 bridgehead atoms. The minimum atomic E-state index is -0.243. The number of amides is 2. The molecule has 0 spiro atoms. The molecule has 3 rings (SSSR count). The fourth-order valence-corrected chi connectivity index (χ4v) is 4.41. The molecule has 2 heterocycles. The molecule has 2 atom stereocenters. The average Bonchev–Trinajstić information content (AvgIpc) is 2.97. The lowest BCUT2D eigenvalue weighted by molar-refractivity contribution is -0.126. The molecule has 2 saturated heterocycles. The van der Waals surface area contributed by atoms with Gasteiger partial charge in [0.1, 0.15) is 0 Å². The lowest BCUT2D eigenvalue weighted by Crippen LogP contribution is -2.36. The Kier molecular flexibility index (Phi) is 7.68. The van der Waals surface area contributed by atoms with E-state index in [4.69, 9.17) is 0 Å². The monoisotopic (exact) mass is 393 g/mol. The van der Waals surface area contributed by atoms with E-state index in [-0.39, 0.29) is 30.1 Å². The van der Waals surface area contributed by atoms with Crippen molar-refractivity contribution in [3.63, 3.8) is 0 Å². The van der Waals surface area contributed by atoms with Crippen molar-refractivity contribution in [2.75, 3.05) is 31.1 Å². The zero-order valence-electron chi connectivity index (χ0n) is 16.6. The van der Waals surface area contributed by atoms with Gasteiger partial charge in [-0.25, -0.2) is 0 Å². The number of anilines is 1. The molecule has 1 aromatic rings. The van der Waals surface area contributed by atoms with Gasteiger partial charge in [0.05, 0.1) is 5.92 Å². The second-order valence-corrected chi connectivity index (χ2v) is 7.94. The number of rotatable bonds is 5. The van der Waals surface area contributed by atoms with Crippen LogP contribution in [0.4, 0.5) is 5.69 Å². The van der Waals surface area contributed by atoms with Crippen LogP contribution >= 0.6 is 12.4 Å². The highest BCUT2D eigenvalue weighted by molar-refractivity contribution is 6.01. The first kappa shape index (κ1) is 21.7. The Balaban J connectivity index is 0.00000261. The third kappa shape index (κ3) is 5.23. The van der Waals surface area contributed by atoms with Crippen LogP contribution in [0, 0.1) is 32.6 Å². The molecule has 0 aliphatic carbocycles. The first-order valence-corrected chi connectivity index (χ1v) is 9.82. The van der Waals surface area contributed by atoms with E-state index in [1.165, 1.54) is 18.4 Å². The summed E-state index contributed by atoms with van der Waals surface area (Å²) in [5, 5.41) is 6.47. The van der Waals surface area contributed by atoms with Crippen molar-refractivity contribution in [1.29, 1.82) is 0 Å². The Hall–Kier alpha value is -1.59. The first-order valence-electron chi connectivity index (χ1n) is 9.82. The van der Waals surface area contributed by atoms with Crippen molar-refractivity contribution in [2.24, 2.45) is 11.8 Å². The van der Waals surface area contributed by atoms with E-state index in [0.29, 0.717) is 25.4 Å². The van der Waals surface area contributed by atoms with Crippen molar-refractivity contribution >= 4 is 29.9 Å². The predicted octanol–water partition coefficient (Wildman–Crippen LogP) is 2.89. The van der Waals surface area contributed by atoms with Gasteiger partial charge >= 0.3 is 0 Å². The number of hydrogen-bond acceptors (Lipinski definition) is 3. The molecule has 27 heavy (non-hydrogen) atoms. The number of hydrogen-bond donors (Lipinski definition) is 2. The quantitative estimate of drug-likeness (QED) is 0.808. The van der Waals surface area contributed by atoms with Crippen LogP contribution in [0.5, 0.6) is 0 Å². The molecule has 0 saturated carbocycles. The molecule has 150 valence electrons. The lowest BCUT2D eigenvalue weighted by atomic mass is 9.96. The molecule has 2 fully saturated rings. The topological polar surface area (TPSA) is 61.4 Å². The number of piperidine rings is 1. The smallest absolute Gasteiger partial charge is 0.227 e. The Labute approximate surface area is 168 Å². The Morgan fingerprint density at radius 2 is 1.96 bits per heavy atom. The maximum absolute atomic E-state index is 12.5. The van der Waals surface area contributed by atoms with E-state index >= 15 is 0 Å². The Morgan fingerprint density at radius 1 is 1.26 bits per heavy atom. The number of nitrogens with one attached hydrogen (secondary N) is 2. The second kappa shape index (κ2) is 9.56. The van der Waals surface area contributed by atoms with Gasteiger partial charge in [-0.05, 0) is 70.2 Å². The van der Waals surface area contributed by atoms with E-state index in [1.54, 1.807) is 4.90 Å². The second-order valence-electron chi connectivity index (χ2n) is 7.94. The zero-order valence-corrected chi connectivity index (χ0v) is 17.5. The third-order valence-electron chi connectivity index (χ3n) is 5.65. The predicted molar refractivity (Wildman–Crippen MR) is 112 cm³/mol. The largest absolute Gasteiger partial charge is 0.356 e. The Bertz CT molecular complexity index is 663. The molecular weight excluding hydrogens is 362 g/mol. The number of carbonyl (C=O) groups excluding carboxylic acids is 2. The molecule has 2 N–H and O–H groups in total. The molecule has 6 heteroatoms. The molecule has 2 aliphatic heterocycles. The molecule has 2 amide bonds. The highest BCUT2D eigenvalue weighted by Gasteiger charge is 2.36. The minimum absolute atomic E-state index is 0. The number of nitrogens with zero attached hydrogens (tertiary/aromatic N) is 1. The normalized spacial score (nSPS) is 22.5. The summed E-state index contributed by atoms with van der Waals surface area (Å²) >= 11 is 0. The number of aryl methyl sites for hydroxylation is 3. The van der Waals surface area contributed by atoms with Gasteiger partial charge in [0.2, 0.25) is 11.8 Å². The van der Waals surface area contributed by atoms with E-state index in [0.717, 1.165) is 36.3 Å². The SMILES string of the molecule is Cc1cc(C)c(N2CC(C(=O)NCCC3CCCNC3)CC2=O)c(C)c1.Cl. The van der Waals surface area contributed by atoms with Gasteiger partial charge in [-0.3, -0.25) is 9.59 Å². The molecule has 2 aliphatic rings. The van der Waals surface area contributed by atoms with Crippen LogP contribution in [-0.2, 0) is 9.59 Å². The van der Waals surface area contributed by atoms with Crippen LogP contribution in [0.2, 0.25) is 0 Å². The molecular formula is C21H32ClN3O2. The van der Waals surface area contributed by atoms with Crippen molar-refractivity contribution < 1.29 is 9.59 Å². The van der Waals surface area contributed by atoms with Gasteiger partial charge in [0, 0.05) is 25.2 Å². The zero-order chi connectivity index (χ0) is 18.7. The fraction of sp³-hybridized carbons (Fsp3) is 0.619. The summed E-state index contributed by atoms with van der Waals surface area (Å²) in [6.07, 6.45) is 3.79. The van der Waals surface area contributed by atoms with Gasteiger partial charge in [-0.2, -0.15) is 0 Å². The van der Waals surface area contributed by atoms with Gasteiger partial charge in [-0.15, -0.1) is 12.4 Å². The van der Waals surface area contributed by atoms with Gasteiger partial charge in [0.15, 0.2) is 0 Å². The van der Waals surface area contributed by atoms with E-state index < -0.39 is 0 Å². The maximum atomic E-state index is 12.5. The summed E-state index contributed by atoms with van der Waals surface area (Å²) in [7, 11) is 0. The molecule has 2 unspecified atom stereocenters. The number of benzene rings is 1. The van der Waals surface area contributed by atoms with Crippen LogP contribution in [-0.4, -0.2) is 38.0 Å². The maximum Gasteiger partial charge on any atom is 0.227 e. The number of carbonyl (C=O) groups is 2. The van der Waals surface area contributed by atoms with Gasteiger partial charge < -0.3 is 15.5 Å². The van der Waals surface area contributed by atoms with Crippen LogP contribution in [0.3, 0.4) is 0 Å². The summed E-state index contributed by atoms with van der Waals surface area (Å²) in [4.78, 5) is 26.9. The van der Waals surface area contributed by atoms with E-state index in [9.17, 15) is 9.59 Å². The van der Waals surface area contributed by atoms with Crippen LogP contribution < -0.4 is 15.5 Å². The van der Waals surface area contributed by atoms with E-state index in [1.807, 2.05) is 13.8 Å². The van der Waals surface area contributed by atoms with Crippen molar-refractivity contribution in [2.45, 2.75) is 46.5 Å². The van der Waals surface area contributed by atoms with E-state index in [2.05, 4.69) is 29.7 Å². The van der Waals surface area contributed by atoms with Crippen molar-refractivity contribution in [3.8, 4) is 0 Å². The summed E-state index contributed by atoms with van der Waals surface area (Å²) in [5.41, 5.74) is 4.37. The highest BCUT2D eigenvalue weighted by Crippen LogP contribution is 2.31. The minimum Gasteiger partial charge on any atom is -0.356 e. The molecule has 5 nitrogen and oxygen atoms in total. The summed E-state index contributed by atoms with van der Waals surface area (Å²) in [5.74, 6) is 0.486. The summed E-state index contributed by atoms with van der Waals surface area (Å²) in [6, 6.07) is 4.20.